The zero-order chi connectivity index (χ0) is 12.3. The molecule has 0 saturated carbocycles. The number of rotatable bonds is 9. The van der Waals surface area contributed by atoms with Gasteiger partial charge in [0.25, 0.3) is 0 Å². The minimum Gasteiger partial charge on any atom is -0.107 e. The average Bonchev–Trinajstić information content (AvgIpc) is 2.35. The zero-order valence-electron chi connectivity index (χ0n) is 10.6. The van der Waals surface area contributed by atoms with Gasteiger partial charge in [-0.05, 0) is 13.0 Å². The smallest absolute Gasteiger partial charge is 0.0692 e. The van der Waals surface area contributed by atoms with E-state index in [9.17, 15) is 0 Å². The van der Waals surface area contributed by atoms with Crippen LogP contribution in [0.15, 0.2) is 36.5 Å². The summed E-state index contributed by atoms with van der Waals surface area (Å²) in [5.74, 6) is 0. The van der Waals surface area contributed by atoms with Crippen LogP contribution >= 0.6 is 0 Å². The molecule has 1 aromatic carbocycles. The van der Waals surface area contributed by atoms with Crippen molar-refractivity contribution in [1.29, 1.82) is 0 Å². The van der Waals surface area contributed by atoms with Crippen molar-refractivity contribution in [3.05, 3.63) is 47.7 Å². The van der Waals surface area contributed by atoms with Gasteiger partial charge in [-0.1, -0.05) is 59.6 Å². The molecule has 0 nitrogen and oxygen atoms in total. The van der Waals surface area contributed by atoms with Crippen molar-refractivity contribution in [2.75, 3.05) is 0 Å². The van der Waals surface area contributed by atoms with Gasteiger partial charge in [-0.15, -0.1) is 12.3 Å². The lowest BCUT2D eigenvalue weighted by molar-refractivity contribution is 1.28. The number of benzene rings is 1. The quantitative estimate of drug-likeness (QED) is 0.477. The molecule has 0 aliphatic heterocycles. The Morgan fingerprint density at radius 3 is 2.35 bits per heavy atom. The molecule has 1 aromatic rings. The molecule has 0 aliphatic rings. The Hall–Kier alpha value is -0.389. The fourth-order valence-electron chi connectivity index (χ4n) is 1.50. The largest absolute Gasteiger partial charge is 0.107 e. The third kappa shape index (κ3) is 7.52. The van der Waals surface area contributed by atoms with Crippen molar-refractivity contribution in [3.63, 3.8) is 0 Å². The highest BCUT2D eigenvalue weighted by molar-refractivity contribution is 6.47. The highest BCUT2D eigenvalue weighted by atomic mass is 28.2. The summed E-state index contributed by atoms with van der Waals surface area (Å²) in [4.78, 5) is 0. The normalized spacial score (nSPS) is 10.4. The van der Waals surface area contributed by atoms with E-state index >= 15 is 0 Å². The maximum Gasteiger partial charge on any atom is 0.0692 e. The summed E-state index contributed by atoms with van der Waals surface area (Å²) >= 11 is 0. The molecule has 1 rings (SSSR count). The van der Waals surface area contributed by atoms with Crippen molar-refractivity contribution in [3.8, 4) is 0 Å². The first-order valence-electron chi connectivity index (χ1n) is 6.14. The predicted octanol–water partition coefficient (Wildman–Crippen LogP) is 3.42. The lowest BCUT2D eigenvalue weighted by Crippen LogP contribution is -1.99. The van der Waals surface area contributed by atoms with Crippen LogP contribution in [0.4, 0.5) is 0 Å². The van der Waals surface area contributed by atoms with Crippen molar-refractivity contribution in [2.45, 2.75) is 37.1 Å². The van der Waals surface area contributed by atoms with Crippen LogP contribution in [0.5, 0.6) is 0 Å². The van der Waals surface area contributed by atoms with Crippen molar-refractivity contribution >= 4 is 28.6 Å². The van der Waals surface area contributed by atoms with Gasteiger partial charge in [0.1, 0.15) is 0 Å². The summed E-state index contributed by atoms with van der Waals surface area (Å²) in [5.41, 5.74) is 4.93. The van der Waals surface area contributed by atoms with E-state index in [0.717, 1.165) is 19.0 Å². The molecule has 0 fully saturated rings. The SMILES string of the molecule is C=C[Si]CC[Si]CC[Si]Cc1ccc(C)cc1. The molecule has 0 heterocycles. The number of hydrogen-bond donors (Lipinski definition) is 0. The Morgan fingerprint density at radius 1 is 1.00 bits per heavy atom. The molecule has 0 aliphatic carbocycles. The van der Waals surface area contributed by atoms with Gasteiger partial charge >= 0.3 is 0 Å². The summed E-state index contributed by atoms with van der Waals surface area (Å²) in [6, 6.07) is 15.9. The van der Waals surface area contributed by atoms with Crippen LogP contribution in [-0.2, 0) is 6.04 Å². The summed E-state index contributed by atoms with van der Waals surface area (Å²) in [6.07, 6.45) is 0. The third-order valence-electron chi connectivity index (χ3n) is 2.52. The Balaban J connectivity index is 1.97. The van der Waals surface area contributed by atoms with Crippen LogP contribution < -0.4 is 0 Å². The lowest BCUT2D eigenvalue weighted by atomic mass is 10.2. The topological polar surface area (TPSA) is 0 Å². The van der Waals surface area contributed by atoms with Crippen LogP contribution in [0.2, 0.25) is 24.2 Å². The molecule has 3 heteroatoms. The molecular formula is C14H20Si3. The Labute approximate surface area is 113 Å². The Kier molecular flexibility index (Phi) is 8.30. The van der Waals surface area contributed by atoms with Crippen LogP contribution in [0.1, 0.15) is 11.1 Å². The fourth-order valence-corrected chi connectivity index (χ4v) is 5.36. The third-order valence-corrected chi connectivity index (χ3v) is 6.81. The Bertz CT molecular complexity index is 306. The maximum absolute atomic E-state index is 3.76. The van der Waals surface area contributed by atoms with E-state index in [-0.39, 0.29) is 0 Å². The monoisotopic (exact) mass is 272 g/mol. The zero-order valence-corrected chi connectivity index (χ0v) is 13.6. The predicted molar refractivity (Wildman–Crippen MR) is 81.6 cm³/mol. The van der Waals surface area contributed by atoms with Crippen LogP contribution in [0.3, 0.4) is 0 Å². The van der Waals surface area contributed by atoms with E-state index in [1.807, 2.05) is 0 Å². The van der Waals surface area contributed by atoms with Crippen LogP contribution in [-0.4, -0.2) is 28.6 Å². The van der Waals surface area contributed by atoms with Gasteiger partial charge in [-0.3, -0.25) is 0 Å². The second kappa shape index (κ2) is 9.62. The molecule has 0 spiro atoms. The first-order chi connectivity index (χ1) is 8.33. The van der Waals surface area contributed by atoms with Gasteiger partial charge in [0.2, 0.25) is 0 Å². The fraction of sp³-hybridized carbons (Fsp3) is 0.429. The highest BCUT2D eigenvalue weighted by Gasteiger charge is 1.96. The second-order valence-electron chi connectivity index (χ2n) is 4.07. The minimum absolute atomic E-state index is 0.976. The molecule has 0 atom stereocenters. The minimum atomic E-state index is 0.976. The summed E-state index contributed by atoms with van der Waals surface area (Å²) < 4.78 is 0. The molecule has 0 bridgehead atoms. The standard InChI is InChI=1S/C14H20Si3/c1-3-15-8-9-16-10-11-17-12-14-6-4-13(2)5-7-14/h3-7H,1,8-12H2,2H3. The molecule has 0 aromatic heterocycles. The van der Waals surface area contributed by atoms with Crippen molar-refractivity contribution in [2.24, 2.45) is 0 Å². The van der Waals surface area contributed by atoms with Crippen molar-refractivity contribution < 1.29 is 0 Å². The van der Waals surface area contributed by atoms with E-state index in [1.165, 1.54) is 50.9 Å². The van der Waals surface area contributed by atoms with E-state index in [2.05, 4.69) is 43.5 Å². The van der Waals surface area contributed by atoms with Gasteiger partial charge in [-0.25, -0.2) is 0 Å². The first-order valence-corrected chi connectivity index (χ1v) is 10.3. The summed E-state index contributed by atoms with van der Waals surface area (Å²) in [6.45, 7) is 5.91. The summed E-state index contributed by atoms with van der Waals surface area (Å²) in [5, 5.41) is 0. The Morgan fingerprint density at radius 2 is 1.65 bits per heavy atom. The van der Waals surface area contributed by atoms with E-state index in [0.29, 0.717) is 0 Å². The number of aryl methyl sites for hydroxylation is 1. The average molecular weight is 273 g/mol. The maximum atomic E-state index is 3.76. The van der Waals surface area contributed by atoms with Crippen molar-refractivity contribution in [1.82, 2.24) is 0 Å². The molecule has 6 radical (unpaired) electrons. The molecule has 0 saturated heterocycles. The van der Waals surface area contributed by atoms with Crippen LogP contribution in [0.25, 0.3) is 0 Å². The summed E-state index contributed by atoms with van der Waals surface area (Å²) in [7, 11) is 3.26. The molecule has 88 valence electrons. The van der Waals surface area contributed by atoms with Crippen LogP contribution in [0, 0.1) is 6.92 Å². The van der Waals surface area contributed by atoms with Gasteiger partial charge < -0.3 is 0 Å². The van der Waals surface area contributed by atoms with E-state index < -0.39 is 0 Å². The van der Waals surface area contributed by atoms with Gasteiger partial charge in [0, 0.05) is 19.0 Å². The van der Waals surface area contributed by atoms with E-state index in [4.69, 9.17) is 0 Å². The molecule has 0 amide bonds. The molecular weight excluding hydrogens is 252 g/mol. The highest BCUT2D eigenvalue weighted by Crippen LogP contribution is 2.05. The van der Waals surface area contributed by atoms with Gasteiger partial charge in [-0.2, -0.15) is 0 Å². The first kappa shape index (κ1) is 14.7. The lowest BCUT2D eigenvalue weighted by Gasteiger charge is -2.01. The van der Waals surface area contributed by atoms with E-state index in [1.54, 1.807) is 0 Å². The molecule has 0 N–H and O–H groups in total. The molecule has 17 heavy (non-hydrogen) atoms. The van der Waals surface area contributed by atoms with Gasteiger partial charge in [0.05, 0.1) is 9.52 Å². The molecule has 0 unspecified atom stereocenters. The number of hydrogen-bond acceptors (Lipinski definition) is 0. The second-order valence-corrected chi connectivity index (χ2v) is 8.24. The van der Waals surface area contributed by atoms with Gasteiger partial charge in [0.15, 0.2) is 0 Å².